The van der Waals surface area contributed by atoms with E-state index in [1.165, 1.54) is 22.3 Å². The normalized spacial score (nSPS) is 9.94. The molecule has 3 nitrogen and oxygen atoms in total. The Hall–Kier alpha value is -1.82. The van der Waals surface area contributed by atoms with Gasteiger partial charge in [0.15, 0.2) is 0 Å². The SMILES string of the molecule is Cc1ccc(CCN(C)C(=O)CC#N)c(C)c1C. The fourth-order valence-electron chi connectivity index (χ4n) is 1.90. The lowest BCUT2D eigenvalue weighted by Crippen LogP contribution is -2.28. The van der Waals surface area contributed by atoms with Crippen LogP contribution < -0.4 is 0 Å². The van der Waals surface area contributed by atoms with Crippen LogP contribution in [-0.4, -0.2) is 24.4 Å². The van der Waals surface area contributed by atoms with E-state index < -0.39 is 0 Å². The minimum absolute atomic E-state index is 0.0393. The van der Waals surface area contributed by atoms with Gasteiger partial charge in [-0.2, -0.15) is 5.26 Å². The van der Waals surface area contributed by atoms with E-state index in [-0.39, 0.29) is 12.3 Å². The Morgan fingerprint density at radius 3 is 2.56 bits per heavy atom. The van der Waals surface area contributed by atoms with Crippen molar-refractivity contribution < 1.29 is 4.79 Å². The molecule has 0 aliphatic rings. The van der Waals surface area contributed by atoms with Gasteiger partial charge in [-0.1, -0.05) is 12.1 Å². The monoisotopic (exact) mass is 244 g/mol. The van der Waals surface area contributed by atoms with Crippen LogP contribution in [0.1, 0.15) is 28.7 Å². The van der Waals surface area contributed by atoms with Gasteiger partial charge in [0.1, 0.15) is 6.42 Å². The van der Waals surface area contributed by atoms with E-state index in [0.717, 1.165) is 6.42 Å². The molecule has 18 heavy (non-hydrogen) atoms. The fraction of sp³-hybridized carbons (Fsp3) is 0.467. The van der Waals surface area contributed by atoms with Crippen molar-refractivity contribution in [1.29, 1.82) is 5.26 Å². The average molecular weight is 244 g/mol. The molecule has 0 saturated heterocycles. The Labute approximate surface area is 109 Å². The van der Waals surface area contributed by atoms with Crippen LogP contribution >= 0.6 is 0 Å². The van der Waals surface area contributed by atoms with Gasteiger partial charge in [0.2, 0.25) is 5.91 Å². The number of carbonyl (C=O) groups excluding carboxylic acids is 1. The molecule has 0 radical (unpaired) electrons. The van der Waals surface area contributed by atoms with Gasteiger partial charge in [-0.3, -0.25) is 4.79 Å². The maximum atomic E-state index is 11.5. The van der Waals surface area contributed by atoms with Crippen molar-refractivity contribution in [2.24, 2.45) is 0 Å². The first-order chi connectivity index (χ1) is 8.47. The topological polar surface area (TPSA) is 44.1 Å². The number of nitriles is 1. The summed E-state index contributed by atoms with van der Waals surface area (Å²) in [5, 5.41) is 8.48. The lowest BCUT2D eigenvalue weighted by atomic mass is 9.97. The summed E-state index contributed by atoms with van der Waals surface area (Å²) in [5.41, 5.74) is 5.19. The number of amides is 1. The van der Waals surface area contributed by atoms with Crippen LogP contribution in [0.2, 0.25) is 0 Å². The smallest absolute Gasteiger partial charge is 0.236 e. The van der Waals surface area contributed by atoms with E-state index in [1.807, 2.05) is 6.07 Å². The first kappa shape index (κ1) is 14.2. The molecule has 0 bridgehead atoms. The molecule has 0 fully saturated rings. The van der Waals surface area contributed by atoms with E-state index in [9.17, 15) is 4.79 Å². The molecule has 0 aliphatic heterocycles. The van der Waals surface area contributed by atoms with E-state index in [1.54, 1.807) is 11.9 Å². The number of aryl methyl sites for hydroxylation is 1. The summed E-state index contributed by atoms with van der Waals surface area (Å²) in [5.74, 6) is -0.112. The summed E-state index contributed by atoms with van der Waals surface area (Å²) >= 11 is 0. The predicted molar refractivity (Wildman–Crippen MR) is 72.2 cm³/mol. The van der Waals surface area contributed by atoms with Gasteiger partial charge in [0, 0.05) is 13.6 Å². The van der Waals surface area contributed by atoms with E-state index >= 15 is 0 Å². The maximum Gasteiger partial charge on any atom is 0.236 e. The molecule has 1 amide bonds. The Morgan fingerprint density at radius 1 is 1.28 bits per heavy atom. The molecule has 0 heterocycles. The van der Waals surface area contributed by atoms with E-state index in [0.29, 0.717) is 6.54 Å². The minimum Gasteiger partial charge on any atom is -0.345 e. The Kier molecular flexibility index (Phi) is 4.91. The van der Waals surface area contributed by atoms with Crippen molar-refractivity contribution in [3.05, 3.63) is 34.4 Å². The van der Waals surface area contributed by atoms with Gasteiger partial charge in [0.05, 0.1) is 6.07 Å². The zero-order valence-corrected chi connectivity index (χ0v) is 11.6. The van der Waals surface area contributed by atoms with Crippen LogP contribution in [0.3, 0.4) is 0 Å². The second-order valence-electron chi connectivity index (χ2n) is 4.69. The number of nitrogens with zero attached hydrogens (tertiary/aromatic N) is 2. The van der Waals surface area contributed by atoms with Gasteiger partial charge in [-0.15, -0.1) is 0 Å². The summed E-state index contributed by atoms with van der Waals surface area (Å²) in [7, 11) is 1.75. The fourth-order valence-corrected chi connectivity index (χ4v) is 1.90. The third-order valence-electron chi connectivity index (χ3n) is 3.54. The molecule has 0 aromatic heterocycles. The van der Waals surface area contributed by atoms with Crippen molar-refractivity contribution in [3.8, 4) is 6.07 Å². The molecule has 1 aromatic rings. The summed E-state index contributed by atoms with van der Waals surface area (Å²) in [6.45, 7) is 7.01. The van der Waals surface area contributed by atoms with Gasteiger partial charge in [-0.25, -0.2) is 0 Å². The number of hydrogen-bond donors (Lipinski definition) is 0. The second-order valence-corrected chi connectivity index (χ2v) is 4.69. The highest BCUT2D eigenvalue weighted by atomic mass is 16.2. The summed E-state index contributed by atoms with van der Waals surface area (Å²) < 4.78 is 0. The second kappa shape index (κ2) is 6.20. The van der Waals surface area contributed by atoms with Gasteiger partial charge < -0.3 is 4.90 Å². The number of hydrogen-bond acceptors (Lipinski definition) is 2. The Morgan fingerprint density at radius 2 is 1.94 bits per heavy atom. The van der Waals surface area contributed by atoms with Crippen LogP contribution in [0.15, 0.2) is 12.1 Å². The zero-order chi connectivity index (χ0) is 13.7. The molecule has 3 heteroatoms. The van der Waals surface area contributed by atoms with Crippen LogP contribution in [0.5, 0.6) is 0 Å². The minimum atomic E-state index is -0.112. The van der Waals surface area contributed by atoms with Crippen molar-refractivity contribution in [2.75, 3.05) is 13.6 Å². The highest BCUT2D eigenvalue weighted by Crippen LogP contribution is 2.17. The van der Waals surface area contributed by atoms with Crippen molar-refractivity contribution >= 4 is 5.91 Å². The van der Waals surface area contributed by atoms with Crippen LogP contribution in [0.25, 0.3) is 0 Å². The molecule has 0 spiro atoms. The summed E-state index contributed by atoms with van der Waals surface area (Å²) in [4.78, 5) is 13.1. The van der Waals surface area contributed by atoms with Gasteiger partial charge >= 0.3 is 0 Å². The number of likely N-dealkylation sites (N-methyl/N-ethyl adjacent to an activating group) is 1. The standard InChI is InChI=1S/C15H20N2O/c1-11-5-6-14(13(3)12(11)2)8-10-17(4)15(18)7-9-16/h5-6H,7-8,10H2,1-4H3. The van der Waals surface area contributed by atoms with Crippen molar-refractivity contribution in [2.45, 2.75) is 33.6 Å². The highest BCUT2D eigenvalue weighted by Gasteiger charge is 2.09. The Balaban J connectivity index is 2.68. The first-order valence-corrected chi connectivity index (χ1v) is 6.14. The molecular formula is C15H20N2O. The van der Waals surface area contributed by atoms with Gasteiger partial charge in [0.25, 0.3) is 0 Å². The molecule has 1 aromatic carbocycles. The molecule has 0 saturated carbocycles. The lowest BCUT2D eigenvalue weighted by Gasteiger charge is -2.17. The quantitative estimate of drug-likeness (QED) is 0.817. The molecule has 96 valence electrons. The predicted octanol–water partition coefficient (Wildman–Crippen LogP) is 2.53. The average Bonchev–Trinajstić information content (AvgIpc) is 2.35. The van der Waals surface area contributed by atoms with Crippen molar-refractivity contribution in [1.82, 2.24) is 4.90 Å². The Bertz CT molecular complexity index is 486. The first-order valence-electron chi connectivity index (χ1n) is 6.14. The molecule has 0 N–H and O–H groups in total. The molecule has 0 unspecified atom stereocenters. The van der Waals surface area contributed by atoms with Crippen LogP contribution in [-0.2, 0) is 11.2 Å². The third-order valence-corrected chi connectivity index (χ3v) is 3.54. The largest absolute Gasteiger partial charge is 0.345 e. The van der Waals surface area contributed by atoms with Crippen LogP contribution in [0.4, 0.5) is 0 Å². The summed E-state index contributed by atoms with van der Waals surface area (Å²) in [6.07, 6.45) is 0.795. The molecular weight excluding hydrogens is 224 g/mol. The van der Waals surface area contributed by atoms with Gasteiger partial charge in [-0.05, 0) is 49.4 Å². The molecule has 0 aliphatic carbocycles. The number of benzene rings is 1. The van der Waals surface area contributed by atoms with Crippen molar-refractivity contribution in [3.63, 3.8) is 0 Å². The third kappa shape index (κ3) is 3.33. The molecule has 0 atom stereocenters. The highest BCUT2D eigenvalue weighted by molar-refractivity contribution is 5.77. The zero-order valence-electron chi connectivity index (χ0n) is 11.6. The number of carbonyl (C=O) groups is 1. The maximum absolute atomic E-state index is 11.5. The van der Waals surface area contributed by atoms with Crippen LogP contribution in [0, 0.1) is 32.1 Å². The number of rotatable bonds is 4. The summed E-state index contributed by atoms with van der Waals surface area (Å²) in [6, 6.07) is 6.13. The lowest BCUT2D eigenvalue weighted by molar-refractivity contribution is -0.128. The molecule has 1 rings (SSSR count). The van der Waals surface area contributed by atoms with E-state index in [2.05, 4.69) is 32.9 Å². The van der Waals surface area contributed by atoms with E-state index in [4.69, 9.17) is 5.26 Å².